The third-order valence-corrected chi connectivity index (χ3v) is 2.61. The normalized spacial score (nSPS) is 11.0. The van der Waals surface area contributed by atoms with Gasteiger partial charge in [0.1, 0.15) is 0 Å². The molecule has 0 aliphatic heterocycles. The second-order valence-electron chi connectivity index (χ2n) is 2.20. The van der Waals surface area contributed by atoms with Crippen LogP contribution in [0.5, 0.6) is 0 Å². The van der Waals surface area contributed by atoms with Gasteiger partial charge in [0.25, 0.3) is 0 Å². The molecule has 0 heterocycles. The van der Waals surface area contributed by atoms with Gasteiger partial charge in [0, 0.05) is 13.1 Å². The molecule has 0 aliphatic carbocycles. The van der Waals surface area contributed by atoms with Crippen LogP contribution in [-0.2, 0) is 10.0 Å². The molecule has 0 aliphatic rings. The molecule has 2 N–H and O–H groups in total. The smallest absolute Gasteiger partial charge is 0.212 e. The van der Waals surface area contributed by atoms with Crippen molar-refractivity contribution < 1.29 is 8.42 Å². The Labute approximate surface area is 73.8 Å². The van der Waals surface area contributed by atoms with Gasteiger partial charge in [-0.1, -0.05) is 12.8 Å². The van der Waals surface area contributed by atoms with Crippen molar-refractivity contribution in [1.82, 2.24) is 10.0 Å². The molecule has 0 saturated carbocycles. The van der Waals surface area contributed by atoms with Gasteiger partial charge in [0.15, 0.2) is 0 Å². The molecule has 12 heavy (non-hydrogen) atoms. The lowest BCUT2D eigenvalue weighted by Crippen LogP contribution is -2.31. The summed E-state index contributed by atoms with van der Waals surface area (Å²) in [5, 5.41) is 2.79. The van der Waals surface area contributed by atoms with Crippen molar-refractivity contribution >= 4 is 10.0 Å². The van der Waals surface area contributed by atoms with Crippen molar-refractivity contribution in [1.29, 1.82) is 0 Å². The Bertz CT molecular complexity index is 241. The average Bonchev–Trinajstić information content (AvgIpc) is 1.98. The average molecular weight is 190 g/mol. The van der Waals surface area contributed by atoms with Gasteiger partial charge < -0.3 is 5.32 Å². The quantitative estimate of drug-likeness (QED) is 0.423. The summed E-state index contributed by atoms with van der Waals surface area (Å²) in [6, 6.07) is 0. The van der Waals surface area contributed by atoms with Crippen molar-refractivity contribution in [3.8, 4) is 12.3 Å². The lowest BCUT2D eigenvalue weighted by atomic mass is 10.6. The zero-order chi connectivity index (χ0) is 9.45. The van der Waals surface area contributed by atoms with Crippen molar-refractivity contribution in [3.63, 3.8) is 0 Å². The highest BCUT2D eigenvalue weighted by atomic mass is 32.2. The Hall–Kier alpha value is -0.570. The Balaban J connectivity index is 3.57. The third kappa shape index (κ3) is 6.16. The lowest BCUT2D eigenvalue weighted by Gasteiger charge is -2.03. The maximum Gasteiger partial charge on any atom is 0.212 e. The predicted octanol–water partition coefficient (Wildman–Crippen LogP) is -0.851. The minimum Gasteiger partial charge on any atom is -0.305 e. The van der Waals surface area contributed by atoms with Gasteiger partial charge in [0.2, 0.25) is 10.0 Å². The van der Waals surface area contributed by atoms with E-state index in [1.54, 1.807) is 6.92 Å². The number of rotatable bonds is 6. The van der Waals surface area contributed by atoms with Crippen LogP contribution in [0.3, 0.4) is 0 Å². The molecule has 0 aromatic heterocycles. The molecular formula is C7H14N2O2S. The molecular weight excluding hydrogens is 176 g/mol. The molecule has 0 spiro atoms. The molecule has 4 nitrogen and oxygen atoms in total. The zero-order valence-electron chi connectivity index (χ0n) is 7.13. The number of nitrogens with one attached hydrogen (secondary N) is 2. The van der Waals surface area contributed by atoms with Gasteiger partial charge in [-0.2, -0.15) is 0 Å². The second-order valence-corrected chi connectivity index (χ2v) is 4.12. The fraction of sp³-hybridized carbons (Fsp3) is 0.714. The van der Waals surface area contributed by atoms with Crippen LogP contribution >= 0.6 is 0 Å². The van der Waals surface area contributed by atoms with Gasteiger partial charge in [-0.25, -0.2) is 13.1 Å². The number of sulfonamides is 1. The van der Waals surface area contributed by atoms with Crippen LogP contribution in [0.25, 0.3) is 0 Å². The summed E-state index contributed by atoms with van der Waals surface area (Å²) < 4.78 is 24.4. The standard InChI is InChI=1S/C7H14N2O2S/c1-3-5-8-6-7-12(10,11)9-4-2/h1,8-9H,4-7H2,2H3. The molecule has 0 amide bonds. The van der Waals surface area contributed by atoms with Gasteiger partial charge in [-0.15, -0.1) is 6.42 Å². The summed E-state index contributed by atoms with van der Waals surface area (Å²) in [7, 11) is -3.09. The van der Waals surface area contributed by atoms with E-state index in [-0.39, 0.29) is 5.75 Å². The first-order valence-electron chi connectivity index (χ1n) is 3.74. The fourth-order valence-electron chi connectivity index (χ4n) is 0.659. The van der Waals surface area contributed by atoms with E-state index in [4.69, 9.17) is 6.42 Å². The highest BCUT2D eigenvalue weighted by Gasteiger charge is 2.05. The van der Waals surface area contributed by atoms with Crippen LogP contribution in [0.1, 0.15) is 6.92 Å². The van der Waals surface area contributed by atoms with E-state index in [0.717, 1.165) is 0 Å². The van der Waals surface area contributed by atoms with E-state index in [1.165, 1.54) is 0 Å². The minimum atomic E-state index is -3.09. The number of terminal acetylenes is 1. The van der Waals surface area contributed by atoms with E-state index in [0.29, 0.717) is 19.6 Å². The Kier molecular flexibility index (Phi) is 5.72. The fourth-order valence-corrected chi connectivity index (χ4v) is 1.66. The molecule has 0 atom stereocenters. The van der Waals surface area contributed by atoms with E-state index in [2.05, 4.69) is 16.0 Å². The minimum absolute atomic E-state index is 0.0719. The van der Waals surface area contributed by atoms with E-state index < -0.39 is 10.0 Å². The van der Waals surface area contributed by atoms with Crippen LogP contribution in [0.15, 0.2) is 0 Å². The topological polar surface area (TPSA) is 58.2 Å². The van der Waals surface area contributed by atoms with Crippen LogP contribution in [-0.4, -0.2) is 33.8 Å². The van der Waals surface area contributed by atoms with Crippen molar-refractivity contribution in [2.75, 3.05) is 25.4 Å². The van der Waals surface area contributed by atoms with Gasteiger partial charge in [0.05, 0.1) is 12.3 Å². The molecule has 0 fully saturated rings. The van der Waals surface area contributed by atoms with Gasteiger partial charge in [-0.05, 0) is 0 Å². The van der Waals surface area contributed by atoms with E-state index >= 15 is 0 Å². The molecule has 0 rings (SSSR count). The summed E-state index contributed by atoms with van der Waals surface area (Å²) >= 11 is 0. The Morgan fingerprint density at radius 3 is 2.67 bits per heavy atom. The van der Waals surface area contributed by atoms with E-state index in [1.807, 2.05) is 0 Å². The van der Waals surface area contributed by atoms with Crippen LogP contribution in [0.4, 0.5) is 0 Å². The summed E-state index contributed by atoms with van der Waals surface area (Å²) in [5.74, 6) is 2.43. The van der Waals surface area contributed by atoms with Gasteiger partial charge in [-0.3, -0.25) is 0 Å². The Morgan fingerprint density at radius 1 is 1.50 bits per heavy atom. The summed E-state index contributed by atoms with van der Waals surface area (Å²) in [6.45, 7) is 2.96. The maximum atomic E-state index is 11.0. The molecule has 0 unspecified atom stereocenters. The Morgan fingerprint density at radius 2 is 2.17 bits per heavy atom. The van der Waals surface area contributed by atoms with Crippen molar-refractivity contribution in [3.05, 3.63) is 0 Å². The molecule has 70 valence electrons. The first kappa shape index (κ1) is 11.4. The summed E-state index contributed by atoms with van der Waals surface area (Å²) in [5.41, 5.74) is 0. The van der Waals surface area contributed by atoms with Gasteiger partial charge >= 0.3 is 0 Å². The van der Waals surface area contributed by atoms with Crippen molar-refractivity contribution in [2.24, 2.45) is 0 Å². The maximum absolute atomic E-state index is 11.0. The van der Waals surface area contributed by atoms with E-state index in [9.17, 15) is 8.42 Å². The third-order valence-electron chi connectivity index (χ3n) is 1.14. The number of hydrogen-bond donors (Lipinski definition) is 2. The first-order chi connectivity index (χ1) is 5.62. The summed E-state index contributed by atoms with van der Waals surface area (Å²) in [6.07, 6.45) is 4.96. The highest BCUT2D eigenvalue weighted by molar-refractivity contribution is 7.89. The van der Waals surface area contributed by atoms with Crippen LogP contribution in [0, 0.1) is 12.3 Å². The monoisotopic (exact) mass is 190 g/mol. The number of hydrogen-bond acceptors (Lipinski definition) is 3. The first-order valence-corrected chi connectivity index (χ1v) is 5.39. The highest BCUT2D eigenvalue weighted by Crippen LogP contribution is 1.80. The summed E-state index contributed by atoms with van der Waals surface area (Å²) in [4.78, 5) is 0. The zero-order valence-corrected chi connectivity index (χ0v) is 7.95. The molecule has 5 heteroatoms. The predicted molar refractivity (Wildman–Crippen MR) is 49.2 cm³/mol. The van der Waals surface area contributed by atoms with Crippen LogP contribution in [0.2, 0.25) is 0 Å². The molecule has 0 aromatic rings. The largest absolute Gasteiger partial charge is 0.305 e. The molecule has 0 radical (unpaired) electrons. The van der Waals surface area contributed by atoms with Crippen molar-refractivity contribution in [2.45, 2.75) is 6.92 Å². The van der Waals surface area contributed by atoms with Crippen LogP contribution < -0.4 is 10.0 Å². The lowest BCUT2D eigenvalue weighted by molar-refractivity contribution is 0.581. The molecule has 0 bridgehead atoms. The SMILES string of the molecule is C#CCNCCS(=O)(=O)NCC. The molecule has 0 saturated heterocycles. The molecule has 0 aromatic carbocycles. The second kappa shape index (κ2) is 6.00.